The quantitative estimate of drug-likeness (QED) is 0.706. The van der Waals surface area contributed by atoms with Gasteiger partial charge in [-0.15, -0.1) is 13.2 Å². The normalized spacial score (nSPS) is 47.9. The summed E-state index contributed by atoms with van der Waals surface area (Å²) in [5.41, 5.74) is 1.26. The van der Waals surface area contributed by atoms with Crippen LogP contribution < -0.4 is 0 Å². The highest BCUT2D eigenvalue weighted by molar-refractivity contribution is 5.23. The maximum absolute atomic E-state index is 6.73. The van der Waals surface area contributed by atoms with E-state index in [9.17, 15) is 0 Å². The van der Waals surface area contributed by atoms with Crippen molar-refractivity contribution in [3.05, 3.63) is 61.2 Å². The Bertz CT molecular complexity index is 715. The molecule has 3 aliphatic heterocycles. The Morgan fingerprint density at radius 3 is 2.35 bits per heavy atom. The molecule has 0 unspecified atom stereocenters. The minimum Gasteiger partial charge on any atom is -0.346 e. The number of hydrogen-bond acceptors (Lipinski definition) is 3. The molecule has 1 saturated carbocycles. The van der Waals surface area contributed by atoms with E-state index in [1.807, 2.05) is 12.2 Å². The van der Waals surface area contributed by atoms with Crippen molar-refractivity contribution in [3.63, 3.8) is 0 Å². The SMILES string of the molecule is C=CC[C@@H]1O[C@@]2(C)O[C@@]3(Cc4ccccc4)O[C@H](CC=C)[C@H]4C[C@@H]1[C@@H]2[C@@H]43. The highest BCUT2D eigenvalue weighted by atomic mass is 16.8. The van der Waals surface area contributed by atoms with Gasteiger partial charge in [0, 0.05) is 18.3 Å². The van der Waals surface area contributed by atoms with Crippen molar-refractivity contribution in [3.8, 4) is 0 Å². The predicted octanol–water partition coefficient (Wildman–Crippen LogP) is 4.49. The van der Waals surface area contributed by atoms with Crippen LogP contribution in [0.1, 0.15) is 31.7 Å². The lowest BCUT2D eigenvalue weighted by molar-refractivity contribution is -0.317. The summed E-state index contributed by atoms with van der Waals surface area (Å²) in [5.74, 6) is 0.790. The lowest BCUT2D eigenvalue weighted by Gasteiger charge is -2.33. The molecule has 8 atom stereocenters. The molecule has 4 aliphatic rings. The third-order valence-corrected chi connectivity index (χ3v) is 7.13. The van der Waals surface area contributed by atoms with Crippen LogP contribution in [0.25, 0.3) is 0 Å². The Balaban J connectivity index is 1.53. The first kappa shape index (κ1) is 16.7. The lowest BCUT2D eigenvalue weighted by atomic mass is 9.79. The van der Waals surface area contributed by atoms with Gasteiger partial charge < -0.3 is 14.2 Å². The van der Waals surface area contributed by atoms with Crippen LogP contribution in [0.3, 0.4) is 0 Å². The Kier molecular flexibility index (Phi) is 3.72. The second kappa shape index (κ2) is 5.79. The Morgan fingerprint density at radius 1 is 1.00 bits per heavy atom. The van der Waals surface area contributed by atoms with Gasteiger partial charge in [0.15, 0.2) is 11.6 Å². The van der Waals surface area contributed by atoms with Gasteiger partial charge in [-0.05, 0) is 43.6 Å². The molecule has 26 heavy (non-hydrogen) atoms. The number of ether oxygens (including phenoxy) is 3. The number of hydrogen-bond donors (Lipinski definition) is 0. The van der Waals surface area contributed by atoms with Gasteiger partial charge in [-0.3, -0.25) is 0 Å². The molecule has 0 radical (unpaired) electrons. The van der Waals surface area contributed by atoms with E-state index in [0.717, 1.165) is 19.3 Å². The van der Waals surface area contributed by atoms with Crippen molar-refractivity contribution < 1.29 is 14.2 Å². The van der Waals surface area contributed by atoms with E-state index in [1.54, 1.807) is 0 Å². The molecular weight excluding hydrogens is 324 g/mol. The zero-order valence-corrected chi connectivity index (χ0v) is 15.5. The lowest BCUT2D eigenvalue weighted by Crippen LogP contribution is -2.41. The summed E-state index contributed by atoms with van der Waals surface area (Å²) in [6.07, 6.45) is 8.17. The Hall–Kier alpha value is -1.42. The van der Waals surface area contributed by atoms with Crippen LogP contribution in [0, 0.1) is 23.7 Å². The maximum atomic E-state index is 6.73. The average molecular weight is 352 g/mol. The fourth-order valence-electron chi connectivity index (χ4n) is 6.49. The molecule has 3 heterocycles. The molecule has 3 heteroatoms. The highest BCUT2D eigenvalue weighted by Gasteiger charge is 2.77. The fraction of sp³-hybridized carbons (Fsp3) is 0.565. The zero-order valence-electron chi connectivity index (χ0n) is 15.5. The minimum absolute atomic E-state index is 0.209. The van der Waals surface area contributed by atoms with E-state index >= 15 is 0 Å². The van der Waals surface area contributed by atoms with E-state index in [1.165, 1.54) is 12.0 Å². The molecule has 1 aromatic carbocycles. The van der Waals surface area contributed by atoms with E-state index in [2.05, 4.69) is 50.4 Å². The van der Waals surface area contributed by atoms with Gasteiger partial charge in [-0.2, -0.15) is 0 Å². The summed E-state index contributed by atoms with van der Waals surface area (Å²) in [6.45, 7) is 10.0. The molecule has 3 saturated heterocycles. The van der Waals surface area contributed by atoms with Gasteiger partial charge >= 0.3 is 0 Å². The summed E-state index contributed by atoms with van der Waals surface area (Å²) in [5, 5.41) is 0. The van der Waals surface area contributed by atoms with Crippen LogP contribution in [0.15, 0.2) is 55.6 Å². The maximum Gasteiger partial charge on any atom is 0.179 e. The van der Waals surface area contributed by atoms with Crippen LogP contribution in [0.2, 0.25) is 0 Å². The first-order valence-electron chi connectivity index (χ1n) is 9.92. The third-order valence-electron chi connectivity index (χ3n) is 7.13. The van der Waals surface area contributed by atoms with Crippen molar-refractivity contribution in [1.29, 1.82) is 0 Å². The predicted molar refractivity (Wildman–Crippen MR) is 100 cm³/mol. The first-order chi connectivity index (χ1) is 12.6. The molecule has 0 bridgehead atoms. The number of rotatable bonds is 6. The summed E-state index contributed by atoms with van der Waals surface area (Å²) >= 11 is 0. The highest BCUT2D eigenvalue weighted by Crippen LogP contribution is 2.70. The van der Waals surface area contributed by atoms with Crippen molar-refractivity contribution in [2.45, 2.75) is 56.4 Å². The first-order valence-corrected chi connectivity index (χ1v) is 9.92. The molecule has 0 N–H and O–H groups in total. The van der Waals surface area contributed by atoms with Crippen LogP contribution >= 0.6 is 0 Å². The topological polar surface area (TPSA) is 27.7 Å². The second-order valence-corrected chi connectivity index (χ2v) is 8.57. The molecule has 1 aromatic rings. The largest absolute Gasteiger partial charge is 0.346 e. The molecule has 5 rings (SSSR count). The van der Waals surface area contributed by atoms with Gasteiger partial charge in [-0.25, -0.2) is 0 Å². The number of benzene rings is 1. The third kappa shape index (κ3) is 2.17. The molecular formula is C23H28O3. The average Bonchev–Trinajstić information content (AvgIpc) is 3.27. The zero-order chi connectivity index (χ0) is 17.9. The summed E-state index contributed by atoms with van der Waals surface area (Å²) in [4.78, 5) is 0. The van der Waals surface area contributed by atoms with E-state index in [0.29, 0.717) is 23.7 Å². The van der Waals surface area contributed by atoms with Gasteiger partial charge in [0.2, 0.25) is 0 Å². The van der Waals surface area contributed by atoms with Crippen LogP contribution in [-0.2, 0) is 20.6 Å². The Labute approximate surface area is 156 Å². The van der Waals surface area contributed by atoms with Crippen LogP contribution in [0.4, 0.5) is 0 Å². The molecule has 0 aromatic heterocycles. The summed E-state index contributed by atoms with van der Waals surface area (Å²) in [6, 6.07) is 10.6. The van der Waals surface area contributed by atoms with Crippen molar-refractivity contribution in [2.24, 2.45) is 23.7 Å². The standard InChI is InChI=1S/C23H28O3/c1-4-9-18-16-13-17-19(10-5-2)25-23(14-15-11-7-6-8-12-15)21(17)20(16)22(3,24-18)26-23/h4-8,11-12,16-21H,1-2,9-10,13-14H2,3H3/t16-,17+,18-,19+,20+,21+,22-,23+/m0/s1. The summed E-state index contributed by atoms with van der Waals surface area (Å²) < 4.78 is 19.9. The molecule has 4 fully saturated rings. The van der Waals surface area contributed by atoms with Gasteiger partial charge in [-0.1, -0.05) is 42.5 Å². The van der Waals surface area contributed by atoms with Crippen LogP contribution in [0.5, 0.6) is 0 Å². The molecule has 0 spiro atoms. The van der Waals surface area contributed by atoms with E-state index < -0.39 is 11.6 Å². The minimum atomic E-state index is -0.562. The van der Waals surface area contributed by atoms with Gasteiger partial charge in [0.25, 0.3) is 0 Å². The Morgan fingerprint density at radius 2 is 1.65 bits per heavy atom. The molecule has 1 aliphatic carbocycles. The molecule has 3 nitrogen and oxygen atoms in total. The molecule has 138 valence electrons. The van der Waals surface area contributed by atoms with Gasteiger partial charge in [0.05, 0.1) is 12.2 Å². The van der Waals surface area contributed by atoms with Crippen molar-refractivity contribution in [2.75, 3.05) is 0 Å². The smallest absolute Gasteiger partial charge is 0.179 e. The fourth-order valence-corrected chi connectivity index (χ4v) is 6.49. The van der Waals surface area contributed by atoms with Crippen molar-refractivity contribution >= 4 is 0 Å². The van der Waals surface area contributed by atoms with Crippen molar-refractivity contribution in [1.82, 2.24) is 0 Å². The van der Waals surface area contributed by atoms with E-state index in [4.69, 9.17) is 14.2 Å². The van der Waals surface area contributed by atoms with E-state index in [-0.39, 0.29) is 12.2 Å². The summed E-state index contributed by atoms with van der Waals surface area (Å²) in [7, 11) is 0. The second-order valence-electron chi connectivity index (χ2n) is 8.57. The monoisotopic (exact) mass is 352 g/mol. The molecule has 0 amide bonds. The van der Waals surface area contributed by atoms with Gasteiger partial charge in [0.1, 0.15) is 0 Å². The van der Waals surface area contributed by atoms with Crippen LogP contribution in [-0.4, -0.2) is 23.8 Å².